The van der Waals surface area contributed by atoms with E-state index < -0.39 is 17.5 Å². The number of aryl methyl sites for hydroxylation is 7. The summed E-state index contributed by atoms with van der Waals surface area (Å²) in [5.41, 5.74) is 10.8. The average molecular weight is 1300 g/mol. The molecule has 0 saturated carbocycles. The van der Waals surface area contributed by atoms with Gasteiger partial charge in [0, 0.05) is 97.1 Å². The summed E-state index contributed by atoms with van der Waals surface area (Å²) in [7, 11) is 5.00. The van der Waals surface area contributed by atoms with Gasteiger partial charge in [-0.3, -0.25) is 28.4 Å². The number of carbonyl (C=O) groups excluding carboxylic acids is 3. The molecular formula is C70H56F3N21O3. The highest BCUT2D eigenvalue weighted by Gasteiger charge is 2.26. The second kappa shape index (κ2) is 26.7. The number of carbonyl (C=O) groups is 3. The summed E-state index contributed by atoms with van der Waals surface area (Å²) in [6, 6.07) is 40.2. The number of aromatic nitrogens is 21. The molecule has 12 heterocycles. The number of benzene rings is 3. The molecule has 0 saturated heterocycles. The first-order valence-electron chi connectivity index (χ1n) is 30.3. The van der Waals surface area contributed by atoms with E-state index in [4.69, 9.17) is 0 Å². The van der Waals surface area contributed by atoms with Crippen LogP contribution in [-0.4, -0.2) is 121 Å². The van der Waals surface area contributed by atoms with E-state index in [1.54, 1.807) is 76.3 Å². The maximum absolute atomic E-state index is 14.9. The lowest BCUT2D eigenvalue weighted by Crippen LogP contribution is -2.13. The van der Waals surface area contributed by atoms with Gasteiger partial charge < -0.3 is 0 Å². The molecule has 27 heteroatoms. The Morgan fingerprint density at radius 1 is 0.381 bits per heavy atom. The van der Waals surface area contributed by atoms with Gasteiger partial charge in [0.1, 0.15) is 34.5 Å². The van der Waals surface area contributed by atoms with Crippen molar-refractivity contribution in [3.05, 3.63) is 251 Å². The quantitative estimate of drug-likeness (QED) is 0.0863. The third-order valence-electron chi connectivity index (χ3n) is 15.6. The maximum Gasteiger partial charge on any atom is 0.186 e. The van der Waals surface area contributed by atoms with Gasteiger partial charge >= 0.3 is 0 Å². The van der Waals surface area contributed by atoms with Gasteiger partial charge in [-0.05, 0) is 70.2 Å². The molecule has 0 unspecified atom stereocenters. The highest BCUT2D eigenvalue weighted by atomic mass is 19.1. The van der Waals surface area contributed by atoms with E-state index in [0.717, 1.165) is 39.5 Å². The van der Waals surface area contributed by atoms with Crippen LogP contribution < -0.4 is 0 Å². The number of halogens is 3. The fraction of sp³-hybridized carbons (Fsp3) is 0.143. The molecule has 12 aromatic heterocycles. The summed E-state index contributed by atoms with van der Waals surface area (Å²) in [5.74, 6) is -0.193. The summed E-state index contributed by atoms with van der Waals surface area (Å²) in [6.07, 6.45) is 9.56. The number of nitrogens with zero attached hydrogens (tertiary/aromatic N) is 21. The zero-order valence-corrected chi connectivity index (χ0v) is 53.1. The number of pyridine rings is 3. The molecular weight excluding hydrogens is 1240 g/mol. The third-order valence-corrected chi connectivity index (χ3v) is 15.6. The fourth-order valence-electron chi connectivity index (χ4n) is 10.9. The molecule has 15 rings (SSSR count). The molecule has 24 nitrogen and oxygen atoms in total. The van der Waals surface area contributed by atoms with Crippen molar-refractivity contribution in [1.82, 2.24) is 103 Å². The predicted octanol–water partition coefficient (Wildman–Crippen LogP) is 10.7. The van der Waals surface area contributed by atoms with Gasteiger partial charge in [-0.2, -0.15) is 25.5 Å². The first kappa shape index (κ1) is 63.0. The minimum atomic E-state index is -0.536. The zero-order valence-electron chi connectivity index (χ0n) is 53.1. The van der Waals surface area contributed by atoms with Gasteiger partial charge in [0.15, 0.2) is 63.4 Å². The van der Waals surface area contributed by atoms with Gasteiger partial charge in [-0.15, -0.1) is 15.3 Å². The molecule has 480 valence electrons. The zero-order chi connectivity index (χ0) is 67.6. The topological polar surface area (TPSA) is 273 Å². The summed E-state index contributed by atoms with van der Waals surface area (Å²) >= 11 is 0. The maximum atomic E-state index is 14.9. The van der Waals surface area contributed by atoms with Crippen LogP contribution in [0.2, 0.25) is 0 Å². The lowest BCUT2D eigenvalue weighted by molar-refractivity contribution is 0.0975. The molecule has 0 N–H and O–H groups in total. The van der Waals surface area contributed by atoms with E-state index in [1.165, 1.54) is 46.2 Å². The molecule has 0 fully saturated rings. The van der Waals surface area contributed by atoms with Crippen LogP contribution in [-0.2, 0) is 40.4 Å². The number of rotatable bonds is 15. The Morgan fingerprint density at radius 3 is 1.13 bits per heavy atom. The van der Waals surface area contributed by atoms with Crippen molar-refractivity contribution in [2.24, 2.45) is 21.1 Å². The van der Waals surface area contributed by atoms with Gasteiger partial charge in [-0.1, -0.05) is 91.0 Å². The van der Waals surface area contributed by atoms with Crippen LogP contribution in [0.25, 0.3) is 85.1 Å². The Labute approximate surface area is 549 Å². The molecule has 15 aromatic rings. The van der Waals surface area contributed by atoms with E-state index in [2.05, 4.69) is 75.7 Å². The Bertz CT molecular complexity index is 5450. The lowest BCUT2D eigenvalue weighted by atomic mass is 10.0. The first-order chi connectivity index (χ1) is 46.9. The van der Waals surface area contributed by atoms with Crippen molar-refractivity contribution in [3.63, 3.8) is 0 Å². The smallest absolute Gasteiger partial charge is 0.186 e. The monoisotopic (exact) mass is 1300 g/mol. The van der Waals surface area contributed by atoms with Gasteiger partial charge in [0.05, 0.1) is 65.3 Å². The normalized spacial score (nSPS) is 11.2. The minimum Gasteiger partial charge on any atom is -0.292 e. The highest BCUT2D eigenvalue weighted by Crippen LogP contribution is 2.29. The van der Waals surface area contributed by atoms with E-state index >= 15 is 0 Å². The predicted molar refractivity (Wildman–Crippen MR) is 351 cm³/mol. The van der Waals surface area contributed by atoms with Crippen LogP contribution in [0.5, 0.6) is 0 Å². The molecule has 0 amide bonds. The molecule has 0 spiro atoms. The summed E-state index contributed by atoms with van der Waals surface area (Å²) in [6.45, 7) is 7.40. The highest BCUT2D eigenvalue weighted by molar-refractivity contribution is 6.03. The summed E-state index contributed by atoms with van der Waals surface area (Å²) in [4.78, 5) is 70.6. The largest absolute Gasteiger partial charge is 0.292 e. The Balaban J connectivity index is 0.000000131. The van der Waals surface area contributed by atoms with Crippen molar-refractivity contribution < 1.29 is 27.6 Å². The third kappa shape index (κ3) is 13.4. The Morgan fingerprint density at radius 2 is 0.753 bits per heavy atom. The number of ketones is 3. The Hall–Kier alpha value is -12.8. The van der Waals surface area contributed by atoms with Crippen LogP contribution in [0.15, 0.2) is 177 Å². The number of hydrogen-bond acceptors (Lipinski definition) is 18. The minimum absolute atomic E-state index is 0.151. The van der Waals surface area contributed by atoms with E-state index in [-0.39, 0.29) is 53.3 Å². The lowest BCUT2D eigenvalue weighted by Gasteiger charge is -2.07. The van der Waals surface area contributed by atoms with Crippen LogP contribution >= 0.6 is 0 Å². The van der Waals surface area contributed by atoms with Crippen molar-refractivity contribution in [1.29, 1.82) is 0 Å². The van der Waals surface area contributed by atoms with Crippen LogP contribution in [0.4, 0.5) is 13.2 Å². The van der Waals surface area contributed by atoms with Crippen LogP contribution in [0.3, 0.4) is 0 Å². The van der Waals surface area contributed by atoms with E-state index in [9.17, 15) is 27.6 Å². The number of Topliss-reactive ketones (excluding diaryl/α,β-unsaturated/α-hetero) is 3. The average Bonchev–Trinajstić information content (AvgIpc) is 1.72. The van der Waals surface area contributed by atoms with Gasteiger partial charge in [-0.25, -0.2) is 61.6 Å². The first-order valence-corrected chi connectivity index (χ1v) is 30.3. The Kier molecular flexibility index (Phi) is 17.3. The van der Waals surface area contributed by atoms with E-state index in [0.29, 0.717) is 85.5 Å². The van der Waals surface area contributed by atoms with Crippen molar-refractivity contribution in [2.75, 3.05) is 0 Å². The van der Waals surface area contributed by atoms with Crippen molar-refractivity contribution in [3.8, 4) is 68.2 Å². The van der Waals surface area contributed by atoms with E-state index in [1.807, 2.05) is 131 Å². The number of hydrogen-bond donors (Lipinski definition) is 0. The molecule has 0 aliphatic heterocycles. The number of fused-ring (bicyclic) bond motifs is 3. The summed E-state index contributed by atoms with van der Waals surface area (Å²) in [5, 5.41) is 33.8. The fourth-order valence-corrected chi connectivity index (χ4v) is 10.9. The van der Waals surface area contributed by atoms with Gasteiger partial charge in [0.25, 0.3) is 0 Å². The second-order valence-corrected chi connectivity index (χ2v) is 22.7. The van der Waals surface area contributed by atoms with Crippen LogP contribution in [0, 0.1) is 45.1 Å². The molecule has 97 heavy (non-hydrogen) atoms. The molecule has 0 bridgehead atoms. The molecule has 0 aliphatic rings. The second-order valence-electron chi connectivity index (χ2n) is 22.7. The summed E-state index contributed by atoms with van der Waals surface area (Å²) < 4.78 is 53.1. The molecule has 3 aromatic carbocycles. The van der Waals surface area contributed by atoms with Crippen LogP contribution in [0.1, 0.15) is 70.9 Å². The van der Waals surface area contributed by atoms with Gasteiger partial charge in [0.2, 0.25) is 0 Å². The molecule has 0 radical (unpaired) electrons. The van der Waals surface area contributed by atoms with Crippen molar-refractivity contribution in [2.45, 2.75) is 47.0 Å². The standard InChI is InChI=1S/C24H20FN7O.2C23H18FN7O/c1-14-9-15(2)28-24(27-14)18-12-26-31(3)22(18)20(33)10-17-11-21-29-23(16-7-5-4-6-8-16)30-32(21)13-19(17)25;1-14-8-9-25-23(27-14)17-12-26-30(2)21(17)19(32)10-16-11-20-28-22(15-6-4-3-5-7-15)29-31(20)13-18(16)24;1-14-8-9-19(28-27-14)17-12-25-30(2)22(17)20(32)10-16-11-21-26-23(15-6-4-3-5-7-15)29-31(21)13-18(16)24/h4-9,11-13H,10H2,1-3H3;2*3-9,11-13H,10H2,1-2H3. The van der Waals surface area contributed by atoms with Crippen molar-refractivity contribution >= 4 is 34.3 Å². The SMILES string of the molecule is Cc1cc(C)nc(-c2cnn(C)c2C(=O)Cc2cc3nc(-c4ccccc4)nn3cc2F)n1.Cc1ccc(-c2cnn(C)c2C(=O)Cc2cc3nc(-c4ccccc4)nn3cc2F)nn1.Cc1ccnc(-c2cnn(C)c2C(=O)Cc2cc3nc(-c4ccccc4)nn3cc2F)n1. The molecule has 0 aliphatic carbocycles. The molecule has 0 atom stereocenters.